The average Bonchev–Trinajstić information content (AvgIpc) is 2.94. The lowest BCUT2D eigenvalue weighted by atomic mass is 10.2. The van der Waals surface area contributed by atoms with E-state index in [0.29, 0.717) is 0 Å². The molecule has 3 aromatic rings. The van der Waals surface area contributed by atoms with Crippen molar-refractivity contribution in [2.24, 2.45) is 0 Å². The third-order valence-corrected chi connectivity index (χ3v) is 4.06. The van der Waals surface area contributed by atoms with Crippen molar-refractivity contribution >= 4 is 23.0 Å². The molecule has 0 fully saturated rings. The smallest absolute Gasteiger partial charge is 0.324 e. The number of anilines is 2. The average molecular weight is 372 g/mol. The molecular weight excluding hydrogens is 363 g/mol. The van der Waals surface area contributed by atoms with Gasteiger partial charge in [-0.2, -0.15) is 13.2 Å². The molecule has 10 heteroatoms. The molecule has 0 saturated carbocycles. The zero-order chi connectivity index (χ0) is 18.2. The van der Waals surface area contributed by atoms with Gasteiger partial charge in [-0.15, -0.1) is 11.3 Å². The van der Waals surface area contributed by atoms with E-state index in [-0.39, 0.29) is 27.2 Å². The van der Waals surface area contributed by atoms with Gasteiger partial charge in [0.25, 0.3) is 0 Å². The molecule has 3 rings (SSSR count). The predicted octanol–water partition coefficient (Wildman–Crippen LogP) is 4.95. The van der Waals surface area contributed by atoms with Crippen LogP contribution in [-0.4, -0.2) is 15.0 Å². The highest BCUT2D eigenvalue weighted by Gasteiger charge is 2.37. The first-order valence-corrected chi connectivity index (χ1v) is 7.66. The van der Waals surface area contributed by atoms with Gasteiger partial charge in [-0.25, -0.2) is 23.7 Å². The second-order valence-electron chi connectivity index (χ2n) is 4.93. The molecule has 0 unspecified atom stereocenters. The predicted molar refractivity (Wildman–Crippen MR) is 82.5 cm³/mol. The maximum atomic E-state index is 13.2. The number of nitrogens with one attached hydrogen (secondary N) is 1. The standard InChI is InChI=1S/C15H9F5N4S/c1-7-22-13(15(18,19)20)12(25-7)11-4-5-21-14(24-11)23-8-2-3-9(16)10(17)6-8/h2-6H,1H3,(H,21,23,24). The Morgan fingerprint density at radius 3 is 2.48 bits per heavy atom. The van der Waals surface area contributed by atoms with Crippen molar-refractivity contribution in [3.8, 4) is 10.6 Å². The number of aryl methyl sites for hydroxylation is 1. The van der Waals surface area contributed by atoms with E-state index in [4.69, 9.17) is 0 Å². The monoisotopic (exact) mass is 372 g/mol. The summed E-state index contributed by atoms with van der Waals surface area (Å²) in [5.41, 5.74) is -0.835. The zero-order valence-electron chi connectivity index (χ0n) is 12.5. The first kappa shape index (κ1) is 17.2. The van der Waals surface area contributed by atoms with Gasteiger partial charge in [-0.3, -0.25) is 0 Å². The summed E-state index contributed by atoms with van der Waals surface area (Å²) in [5, 5.41) is 2.87. The molecule has 2 heterocycles. The van der Waals surface area contributed by atoms with Crippen LogP contribution in [0.2, 0.25) is 0 Å². The Morgan fingerprint density at radius 2 is 1.80 bits per heavy atom. The molecule has 0 spiro atoms. The quantitative estimate of drug-likeness (QED) is 0.661. The summed E-state index contributed by atoms with van der Waals surface area (Å²) in [6.07, 6.45) is -3.35. The van der Waals surface area contributed by atoms with Crippen molar-refractivity contribution < 1.29 is 22.0 Å². The Bertz CT molecular complexity index is 923. The number of hydrogen-bond donors (Lipinski definition) is 1. The van der Waals surface area contributed by atoms with Crippen LogP contribution in [0.25, 0.3) is 10.6 Å². The van der Waals surface area contributed by atoms with E-state index < -0.39 is 23.5 Å². The van der Waals surface area contributed by atoms with E-state index in [0.717, 1.165) is 23.5 Å². The molecule has 0 radical (unpaired) electrons. The highest BCUT2D eigenvalue weighted by atomic mass is 32.1. The Morgan fingerprint density at radius 1 is 1.04 bits per heavy atom. The molecule has 0 aliphatic rings. The molecule has 0 saturated heterocycles. The van der Waals surface area contributed by atoms with Crippen LogP contribution >= 0.6 is 11.3 Å². The van der Waals surface area contributed by atoms with Gasteiger partial charge in [0.2, 0.25) is 5.95 Å². The summed E-state index contributed by atoms with van der Waals surface area (Å²) in [4.78, 5) is 11.3. The maximum Gasteiger partial charge on any atom is 0.434 e. The van der Waals surface area contributed by atoms with Gasteiger partial charge in [0.05, 0.1) is 15.6 Å². The fourth-order valence-corrected chi connectivity index (χ4v) is 2.95. The van der Waals surface area contributed by atoms with Gasteiger partial charge in [-0.1, -0.05) is 0 Å². The van der Waals surface area contributed by atoms with Gasteiger partial charge in [0.15, 0.2) is 17.3 Å². The van der Waals surface area contributed by atoms with Crippen molar-refractivity contribution in [1.29, 1.82) is 0 Å². The number of thiazole rings is 1. The first-order valence-electron chi connectivity index (χ1n) is 6.84. The molecular formula is C15H9F5N4S. The van der Waals surface area contributed by atoms with E-state index in [2.05, 4.69) is 20.3 Å². The summed E-state index contributed by atoms with van der Waals surface area (Å²) in [5.74, 6) is -2.14. The zero-order valence-corrected chi connectivity index (χ0v) is 13.3. The Labute approximate surface area is 142 Å². The minimum atomic E-state index is -4.61. The van der Waals surface area contributed by atoms with Crippen LogP contribution in [-0.2, 0) is 6.18 Å². The second-order valence-corrected chi connectivity index (χ2v) is 6.13. The van der Waals surface area contributed by atoms with Crippen molar-refractivity contribution in [1.82, 2.24) is 15.0 Å². The third kappa shape index (κ3) is 3.73. The topological polar surface area (TPSA) is 50.7 Å². The minimum Gasteiger partial charge on any atom is -0.324 e. The molecule has 1 aromatic carbocycles. The second kappa shape index (κ2) is 6.36. The SMILES string of the molecule is Cc1nc(C(F)(F)F)c(-c2ccnc(Nc3ccc(F)c(F)c3)n2)s1. The molecule has 130 valence electrons. The number of hydrogen-bond acceptors (Lipinski definition) is 5. The van der Waals surface area contributed by atoms with Crippen LogP contribution in [0.15, 0.2) is 30.5 Å². The van der Waals surface area contributed by atoms with E-state index in [9.17, 15) is 22.0 Å². The molecule has 25 heavy (non-hydrogen) atoms. The minimum absolute atomic E-state index is 0.0259. The fourth-order valence-electron chi connectivity index (χ4n) is 2.04. The van der Waals surface area contributed by atoms with Gasteiger partial charge < -0.3 is 5.32 Å². The van der Waals surface area contributed by atoms with Gasteiger partial charge in [0, 0.05) is 18.0 Å². The number of nitrogens with zero attached hydrogens (tertiary/aromatic N) is 3. The Hall–Kier alpha value is -2.62. The van der Waals surface area contributed by atoms with E-state index in [1.165, 1.54) is 25.3 Å². The summed E-state index contributed by atoms with van der Waals surface area (Å²) in [6, 6.07) is 4.38. The van der Waals surface area contributed by atoms with Crippen molar-refractivity contribution in [2.45, 2.75) is 13.1 Å². The maximum absolute atomic E-state index is 13.2. The molecule has 0 atom stereocenters. The fraction of sp³-hybridized carbons (Fsp3) is 0.133. The number of alkyl halides is 3. The highest BCUT2D eigenvalue weighted by Crippen LogP contribution is 2.39. The van der Waals surface area contributed by atoms with Crippen LogP contribution in [0, 0.1) is 18.6 Å². The lowest BCUT2D eigenvalue weighted by Crippen LogP contribution is -2.08. The van der Waals surface area contributed by atoms with Gasteiger partial charge in [-0.05, 0) is 25.1 Å². The molecule has 0 amide bonds. The number of aromatic nitrogens is 3. The van der Waals surface area contributed by atoms with Crippen LogP contribution in [0.1, 0.15) is 10.7 Å². The summed E-state index contributed by atoms with van der Waals surface area (Å²) >= 11 is 0.855. The highest BCUT2D eigenvalue weighted by molar-refractivity contribution is 7.15. The normalized spacial score (nSPS) is 11.6. The molecule has 0 aliphatic heterocycles. The summed E-state index contributed by atoms with van der Waals surface area (Å²) < 4.78 is 65.4. The molecule has 0 bridgehead atoms. The van der Waals surface area contributed by atoms with Gasteiger partial charge >= 0.3 is 6.18 Å². The lowest BCUT2D eigenvalue weighted by Gasteiger charge is -2.08. The number of halogens is 5. The lowest BCUT2D eigenvalue weighted by molar-refractivity contribution is -0.140. The van der Waals surface area contributed by atoms with E-state index in [1.54, 1.807) is 0 Å². The first-order chi connectivity index (χ1) is 11.7. The number of benzene rings is 1. The molecule has 1 N–H and O–H groups in total. The summed E-state index contributed by atoms with van der Waals surface area (Å²) in [7, 11) is 0. The van der Waals surface area contributed by atoms with Crippen molar-refractivity contribution in [3.05, 3.63) is 52.8 Å². The molecule has 4 nitrogen and oxygen atoms in total. The van der Waals surface area contributed by atoms with Crippen LogP contribution in [0.3, 0.4) is 0 Å². The van der Waals surface area contributed by atoms with Gasteiger partial charge in [0.1, 0.15) is 0 Å². The van der Waals surface area contributed by atoms with Crippen LogP contribution in [0.5, 0.6) is 0 Å². The van der Waals surface area contributed by atoms with Crippen molar-refractivity contribution in [3.63, 3.8) is 0 Å². The Balaban J connectivity index is 1.96. The largest absolute Gasteiger partial charge is 0.434 e. The van der Waals surface area contributed by atoms with Crippen LogP contribution in [0.4, 0.5) is 33.6 Å². The van der Waals surface area contributed by atoms with E-state index in [1.807, 2.05) is 0 Å². The summed E-state index contributed by atoms with van der Waals surface area (Å²) in [6.45, 7) is 1.46. The molecule has 2 aromatic heterocycles. The molecule has 0 aliphatic carbocycles. The van der Waals surface area contributed by atoms with Crippen LogP contribution < -0.4 is 5.32 Å². The van der Waals surface area contributed by atoms with E-state index >= 15 is 0 Å². The Kier molecular flexibility index (Phi) is 4.38. The van der Waals surface area contributed by atoms with Crippen molar-refractivity contribution in [2.75, 3.05) is 5.32 Å². The number of rotatable bonds is 3. The third-order valence-electron chi connectivity index (χ3n) is 3.07.